The molecular weight excluding hydrogens is 174 g/mol. The van der Waals surface area contributed by atoms with Crippen molar-refractivity contribution in [3.8, 4) is 0 Å². The standard InChI is InChI=1S/C12H23NO/c1-10(2)13-8-6-12(14,7-9-13)11(3,4)5/h14H,1,6-9H2,2-5H3. The number of piperidine rings is 1. The average Bonchev–Trinajstić information content (AvgIpc) is 2.03. The Labute approximate surface area is 87.6 Å². The minimum absolute atomic E-state index is 0.0197. The van der Waals surface area contributed by atoms with Gasteiger partial charge in [0.15, 0.2) is 0 Å². The lowest BCUT2D eigenvalue weighted by molar-refractivity contribution is -0.0946. The van der Waals surface area contributed by atoms with Gasteiger partial charge in [-0.1, -0.05) is 27.4 Å². The van der Waals surface area contributed by atoms with Gasteiger partial charge in [0.2, 0.25) is 0 Å². The van der Waals surface area contributed by atoms with E-state index in [1.54, 1.807) is 0 Å². The number of hydrogen-bond donors (Lipinski definition) is 1. The van der Waals surface area contributed by atoms with Crippen molar-refractivity contribution >= 4 is 0 Å². The second-order valence-corrected chi connectivity index (χ2v) is 5.50. The van der Waals surface area contributed by atoms with E-state index < -0.39 is 5.60 Å². The van der Waals surface area contributed by atoms with Crippen LogP contribution in [-0.2, 0) is 0 Å². The highest BCUT2D eigenvalue weighted by molar-refractivity contribution is 4.99. The smallest absolute Gasteiger partial charge is 0.0729 e. The third kappa shape index (κ3) is 2.11. The lowest BCUT2D eigenvalue weighted by Crippen LogP contribution is -2.51. The topological polar surface area (TPSA) is 23.5 Å². The van der Waals surface area contributed by atoms with Crippen LogP contribution in [-0.4, -0.2) is 28.7 Å². The summed E-state index contributed by atoms with van der Waals surface area (Å²) >= 11 is 0. The SMILES string of the molecule is C=C(C)N1CCC(O)(C(C)(C)C)CC1. The van der Waals surface area contributed by atoms with E-state index in [-0.39, 0.29) is 5.41 Å². The van der Waals surface area contributed by atoms with Gasteiger partial charge in [0, 0.05) is 18.8 Å². The van der Waals surface area contributed by atoms with E-state index >= 15 is 0 Å². The van der Waals surface area contributed by atoms with Gasteiger partial charge in [-0.3, -0.25) is 0 Å². The second kappa shape index (κ2) is 3.58. The van der Waals surface area contributed by atoms with Crippen molar-refractivity contribution < 1.29 is 5.11 Å². The molecule has 1 rings (SSSR count). The molecule has 14 heavy (non-hydrogen) atoms. The van der Waals surface area contributed by atoms with Gasteiger partial charge in [-0.25, -0.2) is 0 Å². The normalized spacial score (nSPS) is 22.2. The fraction of sp³-hybridized carbons (Fsp3) is 0.833. The van der Waals surface area contributed by atoms with Crippen LogP contribution in [0.2, 0.25) is 0 Å². The Morgan fingerprint density at radius 3 is 2.00 bits per heavy atom. The Morgan fingerprint density at radius 2 is 1.71 bits per heavy atom. The van der Waals surface area contributed by atoms with E-state index in [0.717, 1.165) is 31.6 Å². The molecule has 1 aliphatic rings. The molecular formula is C12H23NO. The van der Waals surface area contributed by atoms with Crippen LogP contribution in [0.4, 0.5) is 0 Å². The van der Waals surface area contributed by atoms with Crippen LogP contribution in [0.25, 0.3) is 0 Å². The van der Waals surface area contributed by atoms with Crippen molar-refractivity contribution in [2.24, 2.45) is 5.41 Å². The summed E-state index contributed by atoms with van der Waals surface area (Å²) in [5, 5.41) is 10.5. The largest absolute Gasteiger partial charge is 0.389 e. The third-order valence-electron chi connectivity index (χ3n) is 3.53. The maximum absolute atomic E-state index is 10.5. The van der Waals surface area contributed by atoms with Gasteiger partial charge in [0.1, 0.15) is 0 Å². The average molecular weight is 197 g/mol. The maximum atomic E-state index is 10.5. The van der Waals surface area contributed by atoms with Gasteiger partial charge in [-0.2, -0.15) is 0 Å². The quantitative estimate of drug-likeness (QED) is 0.697. The van der Waals surface area contributed by atoms with Crippen molar-refractivity contribution in [3.63, 3.8) is 0 Å². The summed E-state index contributed by atoms with van der Waals surface area (Å²) < 4.78 is 0. The van der Waals surface area contributed by atoms with Crippen molar-refractivity contribution in [2.75, 3.05) is 13.1 Å². The van der Waals surface area contributed by atoms with Crippen molar-refractivity contribution in [3.05, 3.63) is 12.3 Å². The number of hydrogen-bond acceptors (Lipinski definition) is 2. The van der Waals surface area contributed by atoms with Gasteiger partial charge in [0.05, 0.1) is 5.60 Å². The second-order valence-electron chi connectivity index (χ2n) is 5.50. The van der Waals surface area contributed by atoms with E-state index in [1.165, 1.54) is 0 Å². The van der Waals surface area contributed by atoms with Crippen LogP contribution in [0, 0.1) is 5.41 Å². The molecule has 0 amide bonds. The highest BCUT2D eigenvalue weighted by Gasteiger charge is 2.42. The Hall–Kier alpha value is -0.500. The predicted octanol–water partition coefficient (Wildman–Crippen LogP) is 2.39. The molecule has 0 spiro atoms. The molecule has 2 nitrogen and oxygen atoms in total. The molecule has 0 unspecified atom stereocenters. The van der Waals surface area contributed by atoms with E-state index in [4.69, 9.17) is 0 Å². The lowest BCUT2D eigenvalue weighted by atomic mass is 9.71. The summed E-state index contributed by atoms with van der Waals surface area (Å²) in [7, 11) is 0. The molecule has 0 aromatic heterocycles. The number of allylic oxidation sites excluding steroid dienone is 1. The van der Waals surface area contributed by atoms with Gasteiger partial charge >= 0.3 is 0 Å². The van der Waals surface area contributed by atoms with Crippen molar-refractivity contribution in [2.45, 2.75) is 46.1 Å². The van der Waals surface area contributed by atoms with E-state index in [2.05, 4.69) is 32.3 Å². The maximum Gasteiger partial charge on any atom is 0.0729 e. The zero-order chi connectivity index (χ0) is 11.0. The zero-order valence-electron chi connectivity index (χ0n) is 9.93. The van der Waals surface area contributed by atoms with Crippen molar-refractivity contribution in [1.82, 2.24) is 4.90 Å². The molecule has 0 aromatic carbocycles. The molecule has 0 radical (unpaired) electrons. The fourth-order valence-electron chi connectivity index (χ4n) is 2.01. The molecule has 0 aliphatic carbocycles. The summed E-state index contributed by atoms with van der Waals surface area (Å²) in [6.45, 7) is 14.2. The van der Waals surface area contributed by atoms with E-state index in [9.17, 15) is 5.11 Å². The zero-order valence-corrected chi connectivity index (χ0v) is 9.93. The Bertz CT molecular complexity index is 219. The fourth-order valence-corrected chi connectivity index (χ4v) is 2.01. The molecule has 2 heteroatoms. The molecule has 1 N–H and O–H groups in total. The Balaban J connectivity index is 2.62. The summed E-state index contributed by atoms with van der Waals surface area (Å²) in [4.78, 5) is 2.25. The number of rotatable bonds is 1. The van der Waals surface area contributed by atoms with Crippen LogP contribution in [0.15, 0.2) is 12.3 Å². The summed E-state index contributed by atoms with van der Waals surface area (Å²) in [6, 6.07) is 0. The molecule has 1 saturated heterocycles. The predicted molar refractivity (Wildman–Crippen MR) is 60.0 cm³/mol. The molecule has 82 valence electrons. The van der Waals surface area contributed by atoms with Crippen LogP contribution in [0.1, 0.15) is 40.5 Å². The van der Waals surface area contributed by atoms with E-state index in [1.807, 2.05) is 6.92 Å². The molecule has 0 bridgehead atoms. The highest BCUT2D eigenvalue weighted by atomic mass is 16.3. The minimum Gasteiger partial charge on any atom is -0.389 e. The van der Waals surface area contributed by atoms with Crippen LogP contribution in [0.3, 0.4) is 0 Å². The Morgan fingerprint density at radius 1 is 1.29 bits per heavy atom. The van der Waals surface area contributed by atoms with Crippen molar-refractivity contribution in [1.29, 1.82) is 0 Å². The minimum atomic E-state index is -0.501. The molecule has 1 heterocycles. The molecule has 1 fully saturated rings. The van der Waals surface area contributed by atoms with Gasteiger partial charge < -0.3 is 10.0 Å². The first-order chi connectivity index (χ1) is 6.26. The van der Waals surface area contributed by atoms with E-state index in [0.29, 0.717) is 0 Å². The molecule has 0 saturated carbocycles. The van der Waals surface area contributed by atoms with Gasteiger partial charge in [0.25, 0.3) is 0 Å². The van der Waals surface area contributed by atoms with Crippen LogP contribution >= 0.6 is 0 Å². The monoisotopic (exact) mass is 197 g/mol. The molecule has 0 aromatic rings. The number of likely N-dealkylation sites (tertiary alicyclic amines) is 1. The summed E-state index contributed by atoms with van der Waals surface area (Å²) in [5.41, 5.74) is 0.591. The van der Waals surface area contributed by atoms with Gasteiger partial charge in [-0.05, 0) is 25.2 Å². The Kier molecular flexibility index (Phi) is 2.96. The first-order valence-electron chi connectivity index (χ1n) is 5.39. The first-order valence-corrected chi connectivity index (χ1v) is 5.39. The number of nitrogens with zero attached hydrogens (tertiary/aromatic N) is 1. The highest BCUT2D eigenvalue weighted by Crippen LogP contribution is 2.39. The number of aliphatic hydroxyl groups is 1. The third-order valence-corrected chi connectivity index (χ3v) is 3.53. The van der Waals surface area contributed by atoms with Gasteiger partial charge in [-0.15, -0.1) is 0 Å². The summed E-state index contributed by atoms with van der Waals surface area (Å²) in [5.74, 6) is 0. The molecule has 1 aliphatic heterocycles. The first kappa shape index (κ1) is 11.6. The summed E-state index contributed by atoms with van der Waals surface area (Å²) in [6.07, 6.45) is 1.70. The van der Waals surface area contributed by atoms with Crippen LogP contribution in [0.5, 0.6) is 0 Å². The van der Waals surface area contributed by atoms with Crippen LogP contribution < -0.4 is 0 Å². The lowest BCUT2D eigenvalue weighted by Gasteiger charge is -2.46. The molecule has 0 atom stereocenters.